The van der Waals surface area contributed by atoms with E-state index in [2.05, 4.69) is 9.97 Å². The molecule has 0 saturated carbocycles. The fourth-order valence-electron chi connectivity index (χ4n) is 1.69. The third-order valence-electron chi connectivity index (χ3n) is 2.58. The number of aromatic nitrogens is 2. The van der Waals surface area contributed by atoms with Gasteiger partial charge in [0, 0.05) is 28.9 Å². The Balaban J connectivity index is 2.03. The summed E-state index contributed by atoms with van der Waals surface area (Å²) in [6, 6.07) is 10.5. The van der Waals surface area contributed by atoms with Crippen LogP contribution in [0.15, 0.2) is 54.2 Å². The van der Waals surface area contributed by atoms with E-state index >= 15 is 0 Å². The number of thiazole rings is 1. The molecule has 18 heavy (non-hydrogen) atoms. The quantitative estimate of drug-likeness (QED) is 0.692. The molecule has 0 aliphatic heterocycles. The van der Waals surface area contributed by atoms with Gasteiger partial charge in [-0.05, 0) is 24.3 Å². The summed E-state index contributed by atoms with van der Waals surface area (Å²) in [5.74, 6) is -0.246. The predicted octanol–water partition coefficient (Wildman–Crippen LogP) is 4.01. The van der Waals surface area contributed by atoms with E-state index in [4.69, 9.17) is 0 Å². The molecular weight excluding hydrogens is 247 g/mol. The van der Waals surface area contributed by atoms with Crippen LogP contribution in [0.25, 0.3) is 21.8 Å². The fourth-order valence-corrected chi connectivity index (χ4v) is 2.52. The Bertz CT molecular complexity index is 664. The molecule has 0 spiro atoms. The number of halogens is 1. The maximum absolute atomic E-state index is 13.6. The molecule has 0 unspecified atom stereocenters. The largest absolute Gasteiger partial charge is 0.265 e. The zero-order valence-electron chi connectivity index (χ0n) is 9.38. The summed E-state index contributed by atoms with van der Waals surface area (Å²) in [6.07, 6.45) is 3.44. The Hall–Kier alpha value is -2.07. The summed E-state index contributed by atoms with van der Waals surface area (Å²) < 4.78 is 13.6. The number of benzene rings is 1. The van der Waals surface area contributed by atoms with Gasteiger partial charge in [-0.15, -0.1) is 11.3 Å². The second-order valence-corrected chi connectivity index (χ2v) is 4.61. The van der Waals surface area contributed by atoms with Crippen LogP contribution >= 0.6 is 11.3 Å². The molecule has 0 saturated heterocycles. The Morgan fingerprint density at radius 1 is 1.00 bits per heavy atom. The fraction of sp³-hybridized carbons (Fsp3) is 0. The van der Waals surface area contributed by atoms with E-state index in [1.807, 2.05) is 23.6 Å². The SMILES string of the molecule is Fc1ccccc1-c1csc(-c2ccncc2)n1. The van der Waals surface area contributed by atoms with Gasteiger partial charge in [0.25, 0.3) is 0 Å². The third kappa shape index (κ3) is 2.02. The Labute approximate surface area is 108 Å². The van der Waals surface area contributed by atoms with Crippen LogP contribution in [0, 0.1) is 5.82 Å². The van der Waals surface area contributed by atoms with Crippen molar-refractivity contribution in [2.75, 3.05) is 0 Å². The molecule has 2 heterocycles. The van der Waals surface area contributed by atoms with Crippen LogP contribution in [0.1, 0.15) is 0 Å². The second kappa shape index (κ2) is 4.66. The Morgan fingerprint density at radius 2 is 1.78 bits per heavy atom. The molecule has 3 rings (SSSR count). The highest BCUT2D eigenvalue weighted by molar-refractivity contribution is 7.13. The van der Waals surface area contributed by atoms with Crippen LogP contribution in [0.4, 0.5) is 4.39 Å². The van der Waals surface area contributed by atoms with E-state index in [1.54, 1.807) is 24.5 Å². The lowest BCUT2D eigenvalue weighted by Gasteiger charge is -1.98. The van der Waals surface area contributed by atoms with Gasteiger partial charge in [0.2, 0.25) is 0 Å². The molecule has 0 bridgehead atoms. The van der Waals surface area contributed by atoms with Gasteiger partial charge < -0.3 is 0 Å². The average molecular weight is 256 g/mol. The van der Waals surface area contributed by atoms with Crippen LogP contribution in [-0.2, 0) is 0 Å². The maximum Gasteiger partial charge on any atom is 0.132 e. The normalized spacial score (nSPS) is 10.5. The molecule has 0 N–H and O–H groups in total. The highest BCUT2D eigenvalue weighted by atomic mass is 32.1. The minimum atomic E-state index is -0.246. The summed E-state index contributed by atoms with van der Waals surface area (Å²) >= 11 is 1.50. The lowest BCUT2D eigenvalue weighted by atomic mass is 10.1. The predicted molar refractivity (Wildman–Crippen MR) is 70.7 cm³/mol. The third-order valence-corrected chi connectivity index (χ3v) is 3.47. The summed E-state index contributed by atoms with van der Waals surface area (Å²) in [4.78, 5) is 8.43. The van der Waals surface area contributed by atoms with Crippen molar-refractivity contribution in [3.8, 4) is 21.8 Å². The molecule has 0 amide bonds. The molecular formula is C14H9FN2S. The highest BCUT2D eigenvalue weighted by Crippen LogP contribution is 2.29. The molecule has 1 aromatic carbocycles. The number of pyridine rings is 1. The lowest BCUT2D eigenvalue weighted by molar-refractivity contribution is 0.631. The van der Waals surface area contributed by atoms with Crippen molar-refractivity contribution in [3.63, 3.8) is 0 Å². The van der Waals surface area contributed by atoms with Crippen molar-refractivity contribution in [2.24, 2.45) is 0 Å². The molecule has 0 radical (unpaired) electrons. The van der Waals surface area contributed by atoms with Crippen LogP contribution in [0.5, 0.6) is 0 Å². The Kier molecular flexibility index (Phi) is 2.86. The molecule has 0 fully saturated rings. The number of rotatable bonds is 2. The molecule has 88 valence electrons. The van der Waals surface area contributed by atoms with Gasteiger partial charge in [-0.25, -0.2) is 9.37 Å². The van der Waals surface area contributed by atoms with Gasteiger partial charge in [-0.3, -0.25) is 4.98 Å². The number of hydrogen-bond acceptors (Lipinski definition) is 3. The van der Waals surface area contributed by atoms with Crippen LogP contribution in [0.2, 0.25) is 0 Å². The molecule has 2 aromatic heterocycles. The molecule has 4 heteroatoms. The molecule has 2 nitrogen and oxygen atoms in total. The van der Waals surface area contributed by atoms with Crippen molar-refractivity contribution in [3.05, 3.63) is 60.0 Å². The van der Waals surface area contributed by atoms with Crippen molar-refractivity contribution in [1.82, 2.24) is 9.97 Å². The van der Waals surface area contributed by atoms with Crippen molar-refractivity contribution in [2.45, 2.75) is 0 Å². The van der Waals surface area contributed by atoms with Crippen molar-refractivity contribution >= 4 is 11.3 Å². The first-order chi connectivity index (χ1) is 8.84. The average Bonchev–Trinajstić information content (AvgIpc) is 2.90. The number of nitrogens with zero attached hydrogens (tertiary/aromatic N) is 2. The topological polar surface area (TPSA) is 25.8 Å². The zero-order chi connectivity index (χ0) is 12.4. The van der Waals surface area contributed by atoms with E-state index in [0.29, 0.717) is 11.3 Å². The molecule has 3 aromatic rings. The smallest absolute Gasteiger partial charge is 0.132 e. The minimum Gasteiger partial charge on any atom is -0.265 e. The standard InChI is InChI=1S/C14H9FN2S/c15-12-4-2-1-3-11(12)13-9-18-14(17-13)10-5-7-16-8-6-10/h1-9H. The van der Waals surface area contributed by atoms with Crippen molar-refractivity contribution < 1.29 is 4.39 Å². The molecule has 0 aliphatic rings. The van der Waals surface area contributed by atoms with Crippen LogP contribution < -0.4 is 0 Å². The summed E-state index contributed by atoms with van der Waals surface area (Å²) in [5.41, 5.74) is 2.21. The van der Waals surface area contributed by atoms with E-state index < -0.39 is 0 Å². The van der Waals surface area contributed by atoms with Gasteiger partial charge >= 0.3 is 0 Å². The second-order valence-electron chi connectivity index (χ2n) is 3.75. The van der Waals surface area contributed by atoms with Gasteiger partial charge in [0.15, 0.2) is 0 Å². The lowest BCUT2D eigenvalue weighted by Crippen LogP contribution is -1.84. The maximum atomic E-state index is 13.6. The van der Waals surface area contributed by atoms with Crippen molar-refractivity contribution in [1.29, 1.82) is 0 Å². The first-order valence-corrected chi connectivity index (χ1v) is 6.33. The summed E-state index contributed by atoms with van der Waals surface area (Å²) in [7, 11) is 0. The zero-order valence-corrected chi connectivity index (χ0v) is 10.2. The van der Waals surface area contributed by atoms with Crippen LogP contribution in [-0.4, -0.2) is 9.97 Å². The Morgan fingerprint density at radius 3 is 2.56 bits per heavy atom. The van der Waals surface area contributed by atoms with Gasteiger partial charge in [0.05, 0.1) is 5.69 Å². The van der Waals surface area contributed by atoms with Crippen LogP contribution in [0.3, 0.4) is 0 Å². The monoisotopic (exact) mass is 256 g/mol. The summed E-state index contributed by atoms with van der Waals surface area (Å²) in [5, 5.41) is 2.74. The van der Waals surface area contributed by atoms with E-state index in [-0.39, 0.29) is 5.82 Å². The van der Waals surface area contributed by atoms with E-state index in [0.717, 1.165) is 10.6 Å². The highest BCUT2D eigenvalue weighted by Gasteiger charge is 2.09. The van der Waals surface area contributed by atoms with Gasteiger partial charge in [-0.2, -0.15) is 0 Å². The van der Waals surface area contributed by atoms with E-state index in [1.165, 1.54) is 17.4 Å². The first kappa shape index (κ1) is 11.0. The van der Waals surface area contributed by atoms with Gasteiger partial charge in [-0.1, -0.05) is 12.1 Å². The molecule has 0 aliphatic carbocycles. The summed E-state index contributed by atoms with van der Waals surface area (Å²) in [6.45, 7) is 0. The molecule has 0 atom stereocenters. The van der Waals surface area contributed by atoms with E-state index in [9.17, 15) is 4.39 Å². The minimum absolute atomic E-state index is 0.246. The number of hydrogen-bond donors (Lipinski definition) is 0. The van der Waals surface area contributed by atoms with Gasteiger partial charge in [0.1, 0.15) is 10.8 Å². The first-order valence-electron chi connectivity index (χ1n) is 5.45.